The van der Waals surface area contributed by atoms with E-state index in [1.54, 1.807) is 48.5 Å². The molecule has 0 N–H and O–H groups in total. The van der Waals surface area contributed by atoms with Crippen LogP contribution in [0.1, 0.15) is 11.1 Å². The van der Waals surface area contributed by atoms with Crippen molar-refractivity contribution in [3.05, 3.63) is 100 Å². The van der Waals surface area contributed by atoms with E-state index >= 15 is 0 Å². The van der Waals surface area contributed by atoms with Crippen molar-refractivity contribution < 1.29 is 8.78 Å². The normalized spacial score (nSPS) is 10.9. The first-order valence-electron chi connectivity index (χ1n) is 9.18. The van der Waals surface area contributed by atoms with Gasteiger partial charge in [0.2, 0.25) is 0 Å². The highest BCUT2D eigenvalue weighted by atomic mass is 19.1. The van der Waals surface area contributed by atoms with Crippen molar-refractivity contribution in [1.82, 2.24) is 9.55 Å². The number of rotatable bonds is 5. The first kappa shape index (κ1) is 19.4. The molecule has 0 bridgehead atoms. The molecule has 0 aliphatic carbocycles. The Labute approximate surface area is 171 Å². The lowest BCUT2D eigenvalue weighted by Gasteiger charge is -2.13. The number of hydrogen-bond donors (Lipinski definition) is 0. The summed E-state index contributed by atoms with van der Waals surface area (Å²) in [6, 6.07) is 14.6. The maximum Gasteiger partial charge on any atom is 0.269 e. The van der Waals surface area contributed by atoms with Gasteiger partial charge in [-0.25, -0.2) is 13.8 Å². The van der Waals surface area contributed by atoms with Crippen LogP contribution in [0.3, 0.4) is 0 Å². The van der Waals surface area contributed by atoms with Gasteiger partial charge >= 0.3 is 0 Å². The first-order valence-corrected chi connectivity index (χ1v) is 9.18. The fraction of sp³-hybridized carbons (Fsp3) is 0.0417. The number of aromatic nitrogens is 2. The largest absolute Gasteiger partial charge is 0.301 e. The molecular weight excluding hydrogens is 384 g/mol. The Kier molecular flexibility index (Phi) is 5.06. The minimum atomic E-state index is -0.733. The zero-order valence-corrected chi connectivity index (χ0v) is 16.0. The lowest BCUT2D eigenvalue weighted by Crippen LogP contribution is -2.22. The van der Waals surface area contributed by atoms with Crippen LogP contribution in [0.5, 0.6) is 0 Å². The third kappa shape index (κ3) is 3.43. The van der Waals surface area contributed by atoms with Gasteiger partial charge in [0.25, 0.3) is 5.56 Å². The van der Waals surface area contributed by atoms with E-state index in [2.05, 4.69) is 23.3 Å². The summed E-state index contributed by atoms with van der Waals surface area (Å²) >= 11 is 0. The van der Waals surface area contributed by atoms with Crippen LogP contribution in [0.25, 0.3) is 28.2 Å². The van der Waals surface area contributed by atoms with E-state index in [1.165, 1.54) is 16.7 Å². The molecule has 0 unspecified atom stereocenters. The van der Waals surface area contributed by atoms with E-state index in [1.807, 2.05) is 0 Å². The van der Waals surface area contributed by atoms with E-state index in [0.717, 1.165) is 6.20 Å². The monoisotopic (exact) mass is 401 g/mol. The predicted octanol–water partition coefficient (Wildman–Crippen LogP) is 5.37. The van der Waals surface area contributed by atoms with Crippen molar-refractivity contribution in [3.8, 4) is 11.1 Å². The maximum atomic E-state index is 14.9. The topological polar surface area (TPSA) is 47.2 Å². The molecule has 0 spiro atoms. The number of para-hydroxylation sites is 2. The smallest absolute Gasteiger partial charge is 0.269 e. The Hall–Kier alpha value is -3.93. The molecule has 0 saturated heterocycles. The Morgan fingerprint density at radius 1 is 1.03 bits per heavy atom. The van der Waals surface area contributed by atoms with Gasteiger partial charge in [0.05, 0.1) is 29.5 Å². The number of hydrogen-bond acceptors (Lipinski definition) is 3. The van der Waals surface area contributed by atoms with Gasteiger partial charge in [-0.15, -0.1) is 0 Å². The molecule has 4 rings (SSSR count). The van der Waals surface area contributed by atoms with Crippen molar-refractivity contribution in [3.63, 3.8) is 0 Å². The molecule has 6 heteroatoms. The number of nitrogens with zero attached hydrogens (tertiary/aromatic N) is 3. The highest BCUT2D eigenvalue weighted by Crippen LogP contribution is 2.30. The lowest BCUT2D eigenvalue weighted by atomic mass is 9.99. The number of benzene rings is 3. The van der Waals surface area contributed by atoms with E-state index in [9.17, 15) is 13.6 Å². The summed E-state index contributed by atoms with van der Waals surface area (Å²) in [4.78, 5) is 20.3. The Bertz CT molecular complexity index is 1340. The molecule has 3 aromatic carbocycles. The van der Waals surface area contributed by atoms with Gasteiger partial charge < -0.3 is 4.57 Å². The third-order valence-electron chi connectivity index (χ3n) is 4.96. The summed E-state index contributed by atoms with van der Waals surface area (Å²) in [5, 5.41) is 0. The molecule has 0 saturated carbocycles. The Morgan fingerprint density at radius 2 is 1.77 bits per heavy atom. The maximum absolute atomic E-state index is 14.9. The fourth-order valence-corrected chi connectivity index (χ4v) is 3.40. The Morgan fingerprint density at radius 3 is 2.47 bits per heavy atom. The minimum absolute atomic E-state index is 0.189. The summed E-state index contributed by atoms with van der Waals surface area (Å²) in [7, 11) is 0. The summed E-state index contributed by atoms with van der Waals surface area (Å²) in [5.41, 5.74) is 2.80. The summed E-state index contributed by atoms with van der Waals surface area (Å²) in [6.07, 6.45) is 2.76. The number of fused-ring (bicyclic) bond motifs is 1. The fourth-order valence-electron chi connectivity index (χ4n) is 3.40. The average Bonchev–Trinajstić information content (AvgIpc) is 2.76. The average molecular weight is 401 g/mol. The molecule has 0 atom stereocenters. The van der Waals surface area contributed by atoms with Crippen molar-refractivity contribution in [2.24, 2.45) is 4.99 Å². The SMILES string of the molecule is C=Cc1cc(-c2cc(F)c(Cn3c(=O)cnc4ccccc43)c(F)c2)ccc1N=C. The molecule has 0 aliphatic heterocycles. The van der Waals surface area contributed by atoms with Gasteiger partial charge in [-0.1, -0.05) is 30.9 Å². The van der Waals surface area contributed by atoms with Crippen LogP contribution in [0.2, 0.25) is 0 Å². The van der Waals surface area contributed by atoms with Crippen LogP contribution in [0, 0.1) is 11.6 Å². The van der Waals surface area contributed by atoms with Gasteiger partial charge in [0.1, 0.15) is 11.6 Å². The van der Waals surface area contributed by atoms with Crippen LogP contribution in [-0.2, 0) is 6.54 Å². The highest BCUT2D eigenvalue weighted by molar-refractivity contribution is 5.75. The second-order valence-electron chi connectivity index (χ2n) is 6.73. The van der Waals surface area contributed by atoms with Gasteiger partial charge in [-0.2, -0.15) is 0 Å². The van der Waals surface area contributed by atoms with Crippen molar-refractivity contribution >= 4 is 29.5 Å². The van der Waals surface area contributed by atoms with Crippen LogP contribution < -0.4 is 5.56 Å². The van der Waals surface area contributed by atoms with E-state index in [4.69, 9.17) is 0 Å². The van der Waals surface area contributed by atoms with Crippen LogP contribution in [0.15, 0.2) is 77.2 Å². The molecule has 0 amide bonds. The number of halogens is 2. The Balaban J connectivity index is 1.78. The molecule has 1 heterocycles. The third-order valence-corrected chi connectivity index (χ3v) is 4.96. The highest BCUT2D eigenvalue weighted by Gasteiger charge is 2.15. The van der Waals surface area contributed by atoms with Crippen molar-refractivity contribution in [1.29, 1.82) is 0 Å². The van der Waals surface area contributed by atoms with Gasteiger partial charge in [-0.05, 0) is 54.2 Å². The quantitative estimate of drug-likeness (QED) is 0.423. The van der Waals surface area contributed by atoms with Crippen LogP contribution >= 0.6 is 0 Å². The number of aliphatic imine (C=N–C) groups is 1. The zero-order chi connectivity index (χ0) is 21.3. The molecule has 4 nitrogen and oxygen atoms in total. The molecule has 148 valence electrons. The van der Waals surface area contributed by atoms with E-state index < -0.39 is 17.2 Å². The summed E-state index contributed by atoms with van der Waals surface area (Å²) in [6.45, 7) is 6.99. The summed E-state index contributed by atoms with van der Waals surface area (Å²) in [5.74, 6) is -1.47. The molecule has 30 heavy (non-hydrogen) atoms. The van der Waals surface area contributed by atoms with Gasteiger partial charge in [-0.3, -0.25) is 9.79 Å². The van der Waals surface area contributed by atoms with Crippen LogP contribution in [0.4, 0.5) is 14.5 Å². The zero-order valence-electron chi connectivity index (χ0n) is 16.0. The molecule has 1 aromatic heterocycles. The molecule has 0 fully saturated rings. The van der Waals surface area contributed by atoms with Gasteiger partial charge in [0, 0.05) is 11.1 Å². The van der Waals surface area contributed by atoms with E-state index in [0.29, 0.717) is 33.4 Å². The van der Waals surface area contributed by atoms with E-state index in [-0.39, 0.29) is 12.1 Å². The molecule has 4 aromatic rings. The summed E-state index contributed by atoms with van der Waals surface area (Å²) < 4.78 is 31.2. The van der Waals surface area contributed by atoms with Crippen molar-refractivity contribution in [2.75, 3.05) is 0 Å². The molecular formula is C24H17F2N3O. The standard InChI is InChI=1S/C24H17F2N3O/c1-3-15-10-16(8-9-21(15)27-2)17-11-19(25)18(20(26)12-17)14-29-23-7-5-4-6-22(23)28-13-24(29)30/h3-13H,1-2,14H2. The predicted molar refractivity (Wildman–Crippen MR) is 116 cm³/mol. The van der Waals surface area contributed by atoms with Crippen LogP contribution in [-0.4, -0.2) is 16.3 Å². The second kappa shape index (κ2) is 7.83. The molecule has 0 radical (unpaired) electrons. The lowest BCUT2D eigenvalue weighted by molar-refractivity contribution is 0.545. The minimum Gasteiger partial charge on any atom is -0.301 e. The van der Waals surface area contributed by atoms with Gasteiger partial charge in [0.15, 0.2) is 0 Å². The molecule has 0 aliphatic rings. The van der Waals surface area contributed by atoms with Crippen molar-refractivity contribution in [2.45, 2.75) is 6.54 Å². The first-order chi connectivity index (χ1) is 14.5. The second-order valence-corrected chi connectivity index (χ2v) is 6.73.